The summed E-state index contributed by atoms with van der Waals surface area (Å²) in [6.07, 6.45) is 0.699. The normalized spacial score (nSPS) is 13.4. The van der Waals surface area contributed by atoms with Crippen LogP contribution in [-0.4, -0.2) is 17.8 Å². The van der Waals surface area contributed by atoms with Gasteiger partial charge >= 0.3 is 0 Å². The van der Waals surface area contributed by atoms with Crippen LogP contribution in [0.4, 0.5) is 0 Å². The van der Waals surface area contributed by atoms with Crippen LogP contribution in [0.3, 0.4) is 0 Å². The number of benzene rings is 4. The van der Waals surface area contributed by atoms with Crippen LogP contribution >= 0.6 is 0 Å². The van der Waals surface area contributed by atoms with Crippen molar-refractivity contribution in [2.75, 3.05) is 6.61 Å². The van der Waals surface area contributed by atoms with E-state index >= 15 is 0 Å². The molecule has 0 saturated heterocycles. The summed E-state index contributed by atoms with van der Waals surface area (Å²) in [7, 11) is 0. The fraction of sp³-hybridized carbons (Fsp3) is 0.158. The first-order valence-corrected chi connectivity index (χ1v) is 7.30. The van der Waals surface area contributed by atoms with Crippen LogP contribution in [0.1, 0.15) is 5.56 Å². The minimum absolute atomic E-state index is 0.0159. The van der Waals surface area contributed by atoms with E-state index in [1.807, 2.05) is 0 Å². The minimum atomic E-state index is -0.205. The Morgan fingerprint density at radius 2 is 1.43 bits per heavy atom. The van der Waals surface area contributed by atoms with Crippen LogP contribution < -0.4 is 5.73 Å². The van der Waals surface area contributed by atoms with Crippen molar-refractivity contribution in [2.45, 2.75) is 12.5 Å². The van der Waals surface area contributed by atoms with Gasteiger partial charge in [0.2, 0.25) is 0 Å². The molecule has 0 spiro atoms. The van der Waals surface area contributed by atoms with E-state index in [1.165, 1.54) is 37.9 Å². The molecular formula is C19H17NO. The summed E-state index contributed by atoms with van der Waals surface area (Å²) in [5, 5.41) is 16.9. The fourth-order valence-corrected chi connectivity index (χ4v) is 3.32. The maximum absolute atomic E-state index is 9.21. The fourth-order valence-electron chi connectivity index (χ4n) is 3.32. The van der Waals surface area contributed by atoms with Crippen LogP contribution in [-0.2, 0) is 6.42 Å². The van der Waals surface area contributed by atoms with Gasteiger partial charge in [-0.25, -0.2) is 0 Å². The van der Waals surface area contributed by atoms with Crippen LogP contribution in [0.5, 0.6) is 0 Å². The first-order chi connectivity index (χ1) is 10.3. The van der Waals surface area contributed by atoms with Crippen molar-refractivity contribution in [1.82, 2.24) is 0 Å². The molecule has 3 N–H and O–H groups in total. The Morgan fingerprint density at radius 1 is 0.810 bits per heavy atom. The molecular weight excluding hydrogens is 258 g/mol. The van der Waals surface area contributed by atoms with Gasteiger partial charge in [-0.1, -0.05) is 54.6 Å². The molecule has 0 radical (unpaired) electrons. The number of rotatable bonds is 3. The number of hydrogen-bond donors (Lipinski definition) is 2. The summed E-state index contributed by atoms with van der Waals surface area (Å²) in [5.41, 5.74) is 7.14. The molecule has 104 valence electrons. The van der Waals surface area contributed by atoms with E-state index in [9.17, 15) is 5.11 Å². The highest BCUT2D eigenvalue weighted by molar-refractivity contribution is 6.23. The molecule has 0 heterocycles. The zero-order chi connectivity index (χ0) is 14.4. The molecule has 0 aromatic heterocycles. The van der Waals surface area contributed by atoms with Crippen molar-refractivity contribution in [3.05, 3.63) is 60.2 Å². The molecule has 1 atom stereocenters. The van der Waals surface area contributed by atoms with Crippen LogP contribution in [0, 0.1) is 0 Å². The van der Waals surface area contributed by atoms with Gasteiger partial charge in [-0.2, -0.15) is 0 Å². The third-order valence-corrected chi connectivity index (χ3v) is 4.34. The maximum Gasteiger partial charge on any atom is 0.0585 e. The van der Waals surface area contributed by atoms with Crippen molar-refractivity contribution in [1.29, 1.82) is 0 Å². The molecule has 21 heavy (non-hydrogen) atoms. The number of aliphatic hydroxyl groups excluding tert-OH is 1. The van der Waals surface area contributed by atoms with Gasteiger partial charge < -0.3 is 10.8 Å². The second-order valence-electron chi connectivity index (χ2n) is 5.73. The van der Waals surface area contributed by atoms with Crippen molar-refractivity contribution in [2.24, 2.45) is 5.73 Å². The Hall–Kier alpha value is -2.16. The lowest BCUT2D eigenvalue weighted by molar-refractivity contribution is 0.265. The van der Waals surface area contributed by atoms with Crippen molar-refractivity contribution in [3.8, 4) is 0 Å². The summed E-state index contributed by atoms with van der Waals surface area (Å²) >= 11 is 0. The third kappa shape index (κ3) is 1.88. The largest absolute Gasteiger partial charge is 0.395 e. The molecule has 2 heteroatoms. The number of aliphatic hydroxyl groups is 1. The quantitative estimate of drug-likeness (QED) is 0.563. The second-order valence-corrected chi connectivity index (χ2v) is 5.73. The molecule has 0 saturated carbocycles. The van der Waals surface area contributed by atoms with Crippen LogP contribution in [0.15, 0.2) is 54.6 Å². The van der Waals surface area contributed by atoms with Gasteiger partial charge in [0.05, 0.1) is 6.61 Å². The highest BCUT2D eigenvalue weighted by Gasteiger charge is 2.12. The van der Waals surface area contributed by atoms with Gasteiger partial charge in [0.15, 0.2) is 0 Å². The molecule has 4 aromatic carbocycles. The lowest BCUT2D eigenvalue weighted by atomic mass is 9.90. The topological polar surface area (TPSA) is 46.2 Å². The van der Waals surface area contributed by atoms with Crippen molar-refractivity contribution in [3.63, 3.8) is 0 Å². The Balaban J connectivity index is 2.10. The van der Waals surface area contributed by atoms with Gasteiger partial charge in [-0.15, -0.1) is 0 Å². The molecule has 2 nitrogen and oxygen atoms in total. The van der Waals surface area contributed by atoms with Crippen LogP contribution in [0.2, 0.25) is 0 Å². The Morgan fingerprint density at radius 3 is 2.14 bits per heavy atom. The molecule has 0 amide bonds. The first kappa shape index (κ1) is 12.6. The zero-order valence-electron chi connectivity index (χ0n) is 11.7. The average molecular weight is 275 g/mol. The highest BCUT2D eigenvalue weighted by atomic mass is 16.3. The summed E-state index contributed by atoms with van der Waals surface area (Å²) in [4.78, 5) is 0. The summed E-state index contributed by atoms with van der Waals surface area (Å²) in [5.74, 6) is 0. The summed E-state index contributed by atoms with van der Waals surface area (Å²) < 4.78 is 0. The Labute approximate surface area is 123 Å². The van der Waals surface area contributed by atoms with Crippen molar-refractivity contribution >= 4 is 32.3 Å². The monoisotopic (exact) mass is 275 g/mol. The SMILES string of the molecule is NC(CO)Cc1ccc2ccc3cccc4ccc1c2c34. The van der Waals surface area contributed by atoms with Crippen LogP contribution in [0.25, 0.3) is 32.3 Å². The molecule has 0 bridgehead atoms. The lowest BCUT2D eigenvalue weighted by Gasteiger charge is -2.15. The molecule has 0 aliphatic carbocycles. The first-order valence-electron chi connectivity index (χ1n) is 7.30. The van der Waals surface area contributed by atoms with Gasteiger partial charge in [0, 0.05) is 6.04 Å². The van der Waals surface area contributed by atoms with E-state index in [4.69, 9.17) is 5.73 Å². The smallest absolute Gasteiger partial charge is 0.0585 e. The van der Waals surface area contributed by atoms with Gasteiger partial charge in [0.1, 0.15) is 0 Å². The molecule has 0 aliphatic heterocycles. The van der Waals surface area contributed by atoms with E-state index < -0.39 is 0 Å². The van der Waals surface area contributed by atoms with Gasteiger partial charge in [0.25, 0.3) is 0 Å². The number of nitrogens with two attached hydrogens (primary N) is 1. The zero-order valence-corrected chi connectivity index (χ0v) is 11.7. The second kappa shape index (κ2) is 4.69. The molecule has 4 rings (SSSR count). The van der Waals surface area contributed by atoms with E-state index in [1.54, 1.807) is 0 Å². The van der Waals surface area contributed by atoms with E-state index in [0.29, 0.717) is 6.42 Å². The molecule has 0 aliphatic rings. The Bertz CT molecular complexity index is 913. The summed E-state index contributed by atoms with van der Waals surface area (Å²) in [6.45, 7) is 0.0159. The predicted octanol–water partition coefficient (Wildman–Crippen LogP) is 3.45. The van der Waals surface area contributed by atoms with E-state index in [2.05, 4.69) is 54.6 Å². The minimum Gasteiger partial charge on any atom is -0.395 e. The summed E-state index contributed by atoms with van der Waals surface area (Å²) in [6, 6.07) is 19.2. The third-order valence-electron chi connectivity index (χ3n) is 4.34. The van der Waals surface area contributed by atoms with Gasteiger partial charge in [-0.3, -0.25) is 0 Å². The van der Waals surface area contributed by atoms with Crippen molar-refractivity contribution < 1.29 is 5.11 Å². The predicted molar refractivity (Wildman–Crippen MR) is 88.9 cm³/mol. The van der Waals surface area contributed by atoms with E-state index in [0.717, 1.165) is 0 Å². The number of hydrogen-bond acceptors (Lipinski definition) is 2. The standard InChI is InChI=1S/C19H17NO/c20-16(11-21)10-15-7-6-14-5-4-12-2-1-3-13-8-9-17(15)19(14)18(12)13/h1-9,16,21H,10-11,20H2. The highest BCUT2D eigenvalue weighted by Crippen LogP contribution is 2.36. The Kier molecular flexibility index (Phi) is 2.81. The maximum atomic E-state index is 9.21. The molecule has 1 unspecified atom stereocenters. The molecule has 0 fully saturated rings. The van der Waals surface area contributed by atoms with E-state index in [-0.39, 0.29) is 12.6 Å². The molecule has 4 aromatic rings. The van der Waals surface area contributed by atoms with Gasteiger partial charge in [-0.05, 0) is 44.3 Å². The lowest BCUT2D eigenvalue weighted by Crippen LogP contribution is -2.26. The average Bonchev–Trinajstić information content (AvgIpc) is 2.53.